The van der Waals surface area contributed by atoms with Crippen LogP contribution in [0.15, 0.2) is 18.2 Å². The van der Waals surface area contributed by atoms with Gasteiger partial charge >= 0.3 is 0 Å². The zero-order valence-electron chi connectivity index (χ0n) is 11.1. The lowest BCUT2D eigenvalue weighted by Crippen LogP contribution is -2.53. The highest BCUT2D eigenvalue weighted by molar-refractivity contribution is 6.30. The summed E-state index contributed by atoms with van der Waals surface area (Å²) in [4.78, 5) is 12.3. The van der Waals surface area contributed by atoms with Crippen molar-refractivity contribution in [3.63, 3.8) is 0 Å². The van der Waals surface area contributed by atoms with E-state index >= 15 is 0 Å². The number of piperidine rings is 1. The van der Waals surface area contributed by atoms with E-state index in [2.05, 4.69) is 10.6 Å². The molecule has 1 unspecified atom stereocenters. The van der Waals surface area contributed by atoms with Crippen LogP contribution in [0.25, 0.3) is 0 Å². The van der Waals surface area contributed by atoms with E-state index in [1.54, 1.807) is 0 Å². The van der Waals surface area contributed by atoms with E-state index in [1.807, 2.05) is 13.8 Å². The molecule has 1 aromatic carbocycles. The first kappa shape index (κ1) is 14.3. The molecular weight excluding hydrogens is 267 g/mol. The van der Waals surface area contributed by atoms with Gasteiger partial charge in [-0.2, -0.15) is 0 Å². The predicted octanol–water partition coefficient (Wildman–Crippen LogP) is 3.20. The van der Waals surface area contributed by atoms with Crippen molar-refractivity contribution < 1.29 is 9.18 Å². The molecule has 19 heavy (non-hydrogen) atoms. The summed E-state index contributed by atoms with van der Waals surface area (Å²) in [7, 11) is 0. The molecule has 2 N–H and O–H groups in total. The molecule has 1 amide bonds. The highest BCUT2D eigenvalue weighted by Crippen LogP contribution is 2.31. The van der Waals surface area contributed by atoms with Gasteiger partial charge in [-0.05, 0) is 43.0 Å². The number of benzene rings is 1. The molecule has 1 aliphatic rings. The Bertz CT molecular complexity index is 490. The van der Waals surface area contributed by atoms with Crippen molar-refractivity contribution in [1.82, 2.24) is 5.32 Å². The molecule has 1 heterocycles. The molecule has 1 saturated heterocycles. The summed E-state index contributed by atoms with van der Waals surface area (Å²) in [6.07, 6.45) is 2.01. The molecule has 1 aliphatic heterocycles. The van der Waals surface area contributed by atoms with Gasteiger partial charge in [0, 0.05) is 5.02 Å². The van der Waals surface area contributed by atoms with Crippen molar-refractivity contribution in [3.8, 4) is 0 Å². The fourth-order valence-corrected chi connectivity index (χ4v) is 2.63. The van der Waals surface area contributed by atoms with E-state index in [-0.39, 0.29) is 23.1 Å². The van der Waals surface area contributed by atoms with Crippen LogP contribution in [0.3, 0.4) is 0 Å². The maximum atomic E-state index is 13.6. The van der Waals surface area contributed by atoms with Gasteiger partial charge in [0.05, 0.1) is 11.7 Å². The lowest BCUT2D eigenvalue weighted by molar-refractivity contribution is -0.121. The summed E-state index contributed by atoms with van der Waals surface area (Å²) in [5.41, 5.74) is -0.0159. The van der Waals surface area contributed by atoms with E-state index in [1.165, 1.54) is 18.2 Å². The molecule has 0 radical (unpaired) electrons. The van der Waals surface area contributed by atoms with Crippen LogP contribution in [-0.4, -0.2) is 18.5 Å². The average molecular weight is 285 g/mol. The summed E-state index contributed by atoms with van der Waals surface area (Å²) in [6.45, 7) is 4.88. The summed E-state index contributed by atoms with van der Waals surface area (Å²) in [5.74, 6) is -0.697. The molecule has 1 fully saturated rings. The Morgan fingerprint density at radius 1 is 1.53 bits per heavy atom. The minimum Gasteiger partial charge on any atom is -0.322 e. The summed E-state index contributed by atoms with van der Waals surface area (Å²) in [5, 5.41) is 6.21. The number of carbonyl (C=O) groups is 1. The van der Waals surface area contributed by atoms with Crippen LogP contribution in [0.5, 0.6) is 0 Å². The van der Waals surface area contributed by atoms with Gasteiger partial charge in [0.1, 0.15) is 5.82 Å². The highest BCUT2D eigenvalue weighted by atomic mass is 35.5. The second-order valence-corrected chi connectivity index (χ2v) is 6.03. The normalized spacial score (nSPS) is 22.0. The first-order chi connectivity index (χ1) is 8.90. The monoisotopic (exact) mass is 284 g/mol. The average Bonchev–Trinajstić information content (AvgIpc) is 2.33. The van der Waals surface area contributed by atoms with Gasteiger partial charge in [0.25, 0.3) is 0 Å². The van der Waals surface area contributed by atoms with E-state index < -0.39 is 5.82 Å². The molecule has 0 saturated carbocycles. The molecule has 104 valence electrons. The summed E-state index contributed by atoms with van der Waals surface area (Å²) in [6, 6.07) is 3.80. The van der Waals surface area contributed by atoms with Crippen molar-refractivity contribution in [2.45, 2.75) is 32.7 Å². The van der Waals surface area contributed by atoms with Gasteiger partial charge in [-0.25, -0.2) is 4.39 Å². The SMILES string of the molecule is CC1(C)CCCNC1C(=O)Nc1cc(Cl)ccc1F. The molecular formula is C14H18ClFN2O. The van der Waals surface area contributed by atoms with Crippen molar-refractivity contribution in [2.75, 3.05) is 11.9 Å². The maximum Gasteiger partial charge on any atom is 0.242 e. The lowest BCUT2D eigenvalue weighted by atomic mass is 9.77. The van der Waals surface area contributed by atoms with E-state index in [0.29, 0.717) is 5.02 Å². The van der Waals surface area contributed by atoms with Crippen molar-refractivity contribution in [2.24, 2.45) is 5.41 Å². The van der Waals surface area contributed by atoms with Crippen LogP contribution in [0.2, 0.25) is 5.02 Å². The van der Waals surface area contributed by atoms with Crippen LogP contribution >= 0.6 is 11.6 Å². The van der Waals surface area contributed by atoms with Gasteiger partial charge in [-0.1, -0.05) is 25.4 Å². The fourth-order valence-electron chi connectivity index (χ4n) is 2.46. The fraction of sp³-hybridized carbons (Fsp3) is 0.500. The van der Waals surface area contributed by atoms with E-state index in [0.717, 1.165) is 19.4 Å². The Labute approximate surface area is 117 Å². The Hall–Kier alpha value is -1.13. The molecule has 1 aromatic rings. The number of anilines is 1. The maximum absolute atomic E-state index is 13.6. The van der Waals surface area contributed by atoms with E-state index in [9.17, 15) is 9.18 Å². The topological polar surface area (TPSA) is 41.1 Å². The summed E-state index contributed by atoms with van der Waals surface area (Å²) < 4.78 is 13.6. The third kappa shape index (κ3) is 3.25. The number of nitrogens with one attached hydrogen (secondary N) is 2. The Kier molecular flexibility index (Phi) is 4.11. The van der Waals surface area contributed by atoms with Gasteiger partial charge in [-0.15, -0.1) is 0 Å². The molecule has 0 aliphatic carbocycles. The molecule has 3 nitrogen and oxygen atoms in total. The number of carbonyl (C=O) groups excluding carboxylic acids is 1. The first-order valence-corrected chi connectivity index (χ1v) is 6.77. The first-order valence-electron chi connectivity index (χ1n) is 6.39. The molecule has 0 aromatic heterocycles. The lowest BCUT2D eigenvalue weighted by Gasteiger charge is -2.38. The standard InChI is InChI=1S/C14H18ClFN2O/c1-14(2)6-3-7-17-12(14)13(19)18-11-8-9(15)4-5-10(11)16/h4-5,8,12,17H,3,6-7H2,1-2H3,(H,18,19). The van der Waals surface area contributed by atoms with Gasteiger partial charge in [0.15, 0.2) is 0 Å². The molecule has 0 bridgehead atoms. The van der Waals surface area contributed by atoms with Crippen LogP contribution in [-0.2, 0) is 4.79 Å². The molecule has 5 heteroatoms. The van der Waals surface area contributed by atoms with Crippen LogP contribution in [0, 0.1) is 11.2 Å². The predicted molar refractivity (Wildman–Crippen MR) is 74.8 cm³/mol. The zero-order chi connectivity index (χ0) is 14.0. The third-order valence-electron chi connectivity index (χ3n) is 3.58. The third-order valence-corrected chi connectivity index (χ3v) is 3.81. The number of amides is 1. The second kappa shape index (κ2) is 5.47. The van der Waals surface area contributed by atoms with Gasteiger partial charge in [-0.3, -0.25) is 4.79 Å². The van der Waals surface area contributed by atoms with Crippen LogP contribution < -0.4 is 10.6 Å². The molecule has 1 atom stereocenters. The highest BCUT2D eigenvalue weighted by Gasteiger charge is 2.37. The zero-order valence-corrected chi connectivity index (χ0v) is 11.9. The molecule has 0 spiro atoms. The number of halogens is 2. The minimum absolute atomic E-state index is 0.126. The van der Waals surface area contributed by atoms with Crippen molar-refractivity contribution in [3.05, 3.63) is 29.0 Å². The van der Waals surface area contributed by atoms with E-state index in [4.69, 9.17) is 11.6 Å². The molecule has 2 rings (SSSR count). The Morgan fingerprint density at radius 3 is 2.95 bits per heavy atom. The number of hydrogen-bond acceptors (Lipinski definition) is 2. The minimum atomic E-state index is -0.480. The van der Waals surface area contributed by atoms with Crippen LogP contribution in [0.1, 0.15) is 26.7 Å². The second-order valence-electron chi connectivity index (χ2n) is 5.59. The van der Waals surface area contributed by atoms with Crippen molar-refractivity contribution in [1.29, 1.82) is 0 Å². The van der Waals surface area contributed by atoms with Gasteiger partial charge < -0.3 is 10.6 Å². The van der Waals surface area contributed by atoms with Crippen LogP contribution in [0.4, 0.5) is 10.1 Å². The Morgan fingerprint density at radius 2 is 2.26 bits per heavy atom. The number of rotatable bonds is 2. The Balaban J connectivity index is 2.14. The summed E-state index contributed by atoms with van der Waals surface area (Å²) >= 11 is 5.81. The smallest absolute Gasteiger partial charge is 0.242 e. The quantitative estimate of drug-likeness (QED) is 0.876. The number of hydrogen-bond donors (Lipinski definition) is 2. The largest absolute Gasteiger partial charge is 0.322 e. The van der Waals surface area contributed by atoms with Crippen molar-refractivity contribution >= 4 is 23.2 Å². The van der Waals surface area contributed by atoms with Gasteiger partial charge in [0.2, 0.25) is 5.91 Å².